The average Bonchev–Trinajstić information content (AvgIpc) is 2.76. The Bertz CT molecular complexity index is 831. The standard InChI is InChI=1S/C23H28FNO4/c1-22(21(26)25-28,23(2,27)16-24)15-5-4-6-17-7-9-18(10-8-17)19-11-13-20(29-3)14-12-19/h4,6-14,27-28H,5,15-16H2,1-3H3,(H,25,26)/b6-4+. The molecule has 0 aliphatic heterocycles. The number of hydrogen-bond acceptors (Lipinski definition) is 4. The molecule has 0 heterocycles. The molecule has 5 nitrogen and oxygen atoms in total. The van der Waals surface area contributed by atoms with E-state index in [9.17, 15) is 14.3 Å². The van der Waals surface area contributed by atoms with Crippen molar-refractivity contribution < 1.29 is 24.2 Å². The number of hydrogen-bond donors (Lipinski definition) is 3. The molecule has 29 heavy (non-hydrogen) atoms. The van der Waals surface area contributed by atoms with E-state index in [1.165, 1.54) is 19.3 Å². The van der Waals surface area contributed by atoms with Crippen molar-refractivity contribution >= 4 is 12.0 Å². The van der Waals surface area contributed by atoms with Crippen LogP contribution in [0.15, 0.2) is 54.6 Å². The second-order valence-electron chi connectivity index (χ2n) is 7.47. The van der Waals surface area contributed by atoms with Crippen molar-refractivity contribution in [2.24, 2.45) is 5.41 Å². The predicted molar refractivity (Wildman–Crippen MR) is 111 cm³/mol. The van der Waals surface area contributed by atoms with E-state index in [1.54, 1.807) is 7.11 Å². The summed E-state index contributed by atoms with van der Waals surface area (Å²) in [4.78, 5) is 12.0. The van der Waals surface area contributed by atoms with Gasteiger partial charge in [0.05, 0.1) is 12.5 Å². The Kier molecular flexibility index (Phi) is 7.53. The van der Waals surface area contributed by atoms with Gasteiger partial charge in [-0.05, 0) is 55.5 Å². The molecule has 3 N–H and O–H groups in total. The van der Waals surface area contributed by atoms with Crippen LogP contribution >= 0.6 is 0 Å². The minimum atomic E-state index is -1.88. The summed E-state index contributed by atoms with van der Waals surface area (Å²) in [7, 11) is 1.63. The third kappa shape index (κ3) is 5.22. The SMILES string of the molecule is COc1ccc(-c2ccc(/C=C/CCC(C)(C(=O)NO)C(C)(O)CF)cc2)cc1. The number of nitrogens with one attached hydrogen (secondary N) is 1. The number of aliphatic hydroxyl groups is 1. The van der Waals surface area contributed by atoms with E-state index in [4.69, 9.17) is 9.94 Å². The minimum Gasteiger partial charge on any atom is -0.497 e. The van der Waals surface area contributed by atoms with Gasteiger partial charge in [0.15, 0.2) is 0 Å². The Morgan fingerprint density at radius 1 is 1.10 bits per heavy atom. The van der Waals surface area contributed by atoms with Gasteiger partial charge in [-0.3, -0.25) is 10.0 Å². The lowest BCUT2D eigenvalue weighted by Gasteiger charge is -2.38. The molecular weight excluding hydrogens is 373 g/mol. The van der Waals surface area contributed by atoms with Crippen LogP contribution in [-0.4, -0.2) is 35.6 Å². The topological polar surface area (TPSA) is 78.8 Å². The van der Waals surface area contributed by atoms with E-state index in [0.717, 1.165) is 22.4 Å². The Labute approximate surface area is 170 Å². The fourth-order valence-corrected chi connectivity index (χ4v) is 3.06. The average molecular weight is 401 g/mol. The molecule has 0 fully saturated rings. The molecule has 2 aromatic rings. The molecule has 2 atom stereocenters. The molecule has 0 bridgehead atoms. The van der Waals surface area contributed by atoms with E-state index in [1.807, 2.05) is 60.7 Å². The van der Waals surface area contributed by atoms with E-state index >= 15 is 0 Å². The lowest BCUT2D eigenvalue weighted by Crippen LogP contribution is -2.54. The number of carbonyl (C=O) groups is 1. The Balaban J connectivity index is 2.03. The van der Waals surface area contributed by atoms with Gasteiger partial charge in [-0.15, -0.1) is 0 Å². The van der Waals surface area contributed by atoms with Crippen LogP contribution in [0.1, 0.15) is 32.3 Å². The molecule has 2 unspecified atom stereocenters. The van der Waals surface area contributed by atoms with E-state index in [0.29, 0.717) is 6.42 Å². The van der Waals surface area contributed by atoms with Crippen LogP contribution in [0.3, 0.4) is 0 Å². The number of allylic oxidation sites excluding steroid dienone is 1. The first-order valence-corrected chi connectivity index (χ1v) is 9.41. The third-order valence-electron chi connectivity index (χ3n) is 5.51. The Hall–Kier alpha value is -2.70. The van der Waals surface area contributed by atoms with Crippen molar-refractivity contribution in [2.75, 3.05) is 13.8 Å². The van der Waals surface area contributed by atoms with Crippen LogP contribution in [0.2, 0.25) is 0 Å². The monoisotopic (exact) mass is 401 g/mol. The fraction of sp³-hybridized carbons (Fsp3) is 0.348. The minimum absolute atomic E-state index is 0.177. The number of ether oxygens (including phenoxy) is 1. The van der Waals surface area contributed by atoms with Crippen molar-refractivity contribution in [1.82, 2.24) is 5.48 Å². The van der Waals surface area contributed by atoms with Crippen LogP contribution in [-0.2, 0) is 4.79 Å². The van der Waals surface area contributed by atoms with Crippen molar-refractivity contribution in [3.8, 4) is 16.9 Å². The van der Waals surface area contributed by atoms with Gasteiger partial charge in [0.25, 0.3) is 5.91 Å². The molecule has 0 spiro atoms. The number of halogens is 1. The van der Waals surface area contributed by atoms with Gasteiger partial charge >= 0.3 is 0 Å². The van der Waals surface area contributed by atoms with Gasteiger partial charge < -0.3 is 9.84 Å². The number of carbonyl (C=O) groups excluding carboxylic acids is 1. The number of benzene rings is 2. The predicted octanol–water partition coefficient (Wildman–Crippen LogP) is 4.39. The number of alkyl halides is 1. The summed E-state index contributed by atoms with van der Waals surface area (Å²) in [6.45, 7) is 1.60. The van der Waals surface area contributed by atoms with Gasteiger partial charge in [-0.1, -0.05) is 48.6 Å². The molecule has 0 radical (unpaired) electrons. The highest BCUT2D eigenvalue weighted by Crippen LogP contribution is 2.37. The van der Waals surface area contributed by atoms with Gasteiger partial charge in [0.1, 0.15) is 18.0 Å². The maximum atomic E-state index is 13.2. The van der Waals surface area contributed by atoms with Crippen molar-refractivity contribution in [2.45, 2.75) is 32.3 Å². The Morgan fingerprint density at radius 2 is 1.66 bits per heavy atom. The van der Waals surface area contributed by atoms with Gasteiger partial charge in [0.2, 0.25) is 0 Å². The highest BCUT2D eigenvalue weighted by atomic mass is 19.1. The molecule has 0 aromatic heterocycles. The van der Waals surface area contributed by atoms with Crippen LogP contribution in [0.25, 0.3) is 17.2 Å². The van der Waals surface area contributed by atoms with Crippen LogP contribution in [0.4, 0.5) is 4.39 Å². The van der Waals surface area contributed by atoms with E-state index < -0.39 is 23.6 Å². The van der Waals surface area contributed by atoms with Crippen molar-refractivity contribution in [3.63, 3.8) is 0 Å². The molecule has 6 heteroatoms. The lowest BCUT2D eigenvalue weighted by molar-refractivity contribution is -0.158. The first-order chi connectivity index (χ1) is 13.8. The zero-order valence-corrected chi connectivity index (χ0v) is 17.0. The summed E-state index contributed by atoms with van der Waals surface area (Å²) in [5, 5.41) is 19.2. The lowest BCUT2D eigenvalue weighted by atomic mass is 9.71. The zero-order valence-electron chi connectivity index (χ0n) is 17.0. The summed E-state index contributed by atoms with van der Waals surface area (Å²) >= 11 is 0. The third-order valence-corrected chi connectivity index (χ3v) is 5.51. The van der Waals surface area contributed by atoms with Gasteiger partial charge in [-0.25, -0.2) is 9.87 Å². The number of amides is 1. The van der Waals surface area contributed by atoms with Crippen molar-refractivity contribution in [3.05, 3.63) is 60.2 Å². The molecule has 0 aliphatic carbocycles. The first-order valence-electron chi connectivity index (χ1n) is 9.41. The molecule has 2 rings (SSSR count). The number of hydroxylamine groups is 1. The highest BCUT2D eigenvalue weighted by Gasteiger charge is 2.48. The summed E-state index contributed by atoms with van der Waals surface area (Å²) < 4.78 is 18.4. The molecule has 156 valence electrons. The fourth-order valence-electron chi connectivity index (χ4n) is 3.06. The number of rotatable bonds is 9. The maximum Gasteiger partial charge on any atom is 0.252 e. The zero-order chi connectivity index (χ0) is 21.5. The highest BCUT2D eigenvalue weighted by molar-refractivity contribution is 5.82. The second kappa shape index (κ2) is 9.67. The van der Waals surface area contributed by atoms with Crippen molar-refractivity contribution in [1.29, 1.82) is 0 Å². The second-order valence-corrected chi connectivity index (χ2v) is 7.47. The largest absolute Gasteiger partial charge is 0.497 e. The van der Waals surface area contributed by atoms with E-state index in [-0.39, 0.29) is 6.42 Å². The molecule has 0 saturated heterocycles. The summed E-state index contributed by atoms with van der Waals surface area (Å²) in [5.74, 6) is -0.000634. The summed E-state index contributed by atoms with van der Waals surface area (Å²) in [5.41, 5.74) is 1.34. The molecule has 2 aromatic carbocycles. The van der Waals surface area contributed by atoms with Gasteiger partial charge in [-0.2, -0.15) is 0 Å². The summed E-state index contributed by atoms with van der Waals surface area (Å²) in [6, 6.07) is 15.8. The molecule has 0 saturated carbocycles. The maximum absolute atomic E-state index is 13.2. The molecule has 1 amide bonds. The smallest absolute Gasteiger partial charge is 0.252 e. The van der Waals surface area contributed by atoms with Crippen LogP contribution in [0.5, 0.6) is 5.75 Å². The molecular formula is C23H28FNO4. The normalized spacial score (nSPS) is 15.5. The van der Waals surface area contributed by atoms with Crippen LogP contribution < -0.4 is 10.2 Å². The van der Waals surface area contributed by atoms with Gasteiger partial charge in [0, 0.05) is 0 Å². The number of methoxy groups -OCH3 is 1. The quantitative estimate of drug-likeness (QED) is 0.430. The summed E-state index contributed by atoms with van der Waals surface area (Å²) in [6.07, 6.45) is 4.37. The van der Waals surface area contributed by atoms with E-state index in [2.05, 4.69) is 0 Å². The molecule has 0 aliphatic rings. The van der Waals surface area contributed by atoms with Crippen LogP contribution in [0, 0.1) is 5.41 Å². The Morgan fingerprint density at radius 3 is 2.14 bits per heavy atom. The first kappa shape index (κ1) is 22.6.